The Balaban J connectivity index is 1.95. The lowest BCUT2D eigenvalue weighted by atomic mass is 10.1. The van der Waals surface area contributed by atoms with Crippen molar-refractivity contribution in [1.82, 2.24) is 19.5 Å². The summed E-state index contributed by atoms with van der Waals surface area (Å²) in [4.78, 5) is 13.2. The molecule has 0 radical (unpaired) electrons. The van der Waals surface area contributed by atoms with E-state index >= 15 is 0 Å². The van der Waals surface area contributed by atoms with Gasteiger partial charge in [0.15, 0.2) is 5.82 Å². The van der Waals surface area contributed by atoms with Crippen molar-refractivity contribution in [3.63, 3.8) is 0 Å². The zero-order valence-corrected chi connectivity index (χ0v) is 16.6. The zero-order valence-electron chi connectivity index (χ0n) is 16.6. The Morgan fingerprint density at radius 3 is 2.27 bits per heavy atom. The van der Waals surface area contributed by atoms with Crippen LogP contribution in [0.2, 0.25) is 0 Å². The monoisotopic (exact) mass is 410 g/mol. The first kappa shape index (κ1) is 19.6. The van der Waals surface area contributed by atoms with E-state index in [0.29, 0.717) is 22.8 Å². The molecule has 0 spiro atoms. The molecule has 154 valence electrons. The van der Waals surface area contributed by atoms with E-state index in [0.717, 1.165) is 22.2 Å². The topological polar surface area (TPSA) is 105 Å². The van der Waals surface area contributed by atoms with Crippen LogP contribution in [0.1, 0.15) is 17.0 Å². The molecule has 2 heterocycles. The van der Waals surface area contributed by atoms with E-state index in [1.54, 1.807) is 12.1 Å². The zero-order chi connectivity index (χ0) is 21.6. The highest BCUT2D eigenvalue weighted by Gasteiger charge is 2.20. The molecule has 0 unspecified atom stereocenters. The summed E-state index contributed by atoms with van der Waals surface area (Å²) in [6.45, 7) is 3.01. The van der Waals surface area contributed by atoms with Crippen LogP contribution in [0.3, 0.4) is 0 Å². The van der Waals surface area contributed by atoms with E-state index in [1.165, 1.54) is 12.1 Å². The van der Waals surface area contributed by atoms with Crippen LogP contribution in [0.4, 0.5) is 20.5 Å². The fraction of sp³-hybridized carbons (Fsp3) is 0.190. The second-order valence-corrected chi connectivity index (χ2v) is 6.99. The van der Waals surface area contributed by atoms with Gasteiger partial charge in [-0.2, -0.15) is 18.7 Å². The lowest BCUT2D eigenvalue weighted by Crippen LogP contribution is -2.10. The van der Waals surface area contributed by atoms with E-state index in [2.05, 4.69) is 19.7 Å². The number of nitrogens with two attached hydrogens (primary N) is 2. The van der Waals surface area contributed by atoms with E-state index in [4.69, 9.17) is 11.5 Å². The van der Waals surface area contributed by atoms with Gasteiger partial charge in [-0.15, -0.1) is 0 Å². The third kappa shape index (κ3) is 3.38. The molecule has 4 rings (SSSR count). The summed E-state index contributed by atoms with van der Waals surface area (Å²) in [5.41, 5.74) is 17.2. The molecule has 4 aromatic rings. The first-order valence-electron chi connectivity index (χ1n) is 9.19. The smallest absolute Gasteiger partial charge is 0.387 e. The van der Waals surface area contributed by atoms with Gasteiger partial charge >= 0.3 is 6.61 Å². The summed E-state index contributed by atoms with van der Waals surface area (Å²) in [6, 6.07) is 10.2. The van der Waals surface area contributed by atoms with Crippen LogP contribution in [-0.2, 0) is 0 Å². The molecule has 2 aromatic carbocycles. The number of aryl methyl sites for hydroxylation is 3. The number of anilines is 2. The van der Waals surface area contributed by atoms with Crippen molar-refractivity contribution in [1.29, 1.82) is 0 Å². The number of hydrogen-bond acceptors (Lipinski definition) is 6. The van der Waals surface area contributed by atoms with Crippen LogP contribution >= 0.6 is 0 Å². The quantitative estimate of drug-likeness (QED) is 0.523. The number of ether oxygens (including phenoxy) is 1. The number of hydrogen-bond donors (Lipinski definition) is 2. The number of nitrogen functional groups attached to an aromatic ring is 2. The van der Waals surface area contributed by atoms with Crippen LogP contribution in [-0.4, -0.2) is 26.1 Å². The molecular formula is C21H20F2N6O. The molecule has 0 aliphatic heterocycles. The number of nitrogens with zero attached hydrogens (tertiary/aromatic N) is 4. The van der Waals surface area contributed by atoms with E-state index < -0.39 is 6.61 Å². The molecule has 0 amide bonds. The summed E-state index contributed by atoms with van der Waals surface area (Å²) in [6.07, 6.45) is 0. The molecule has 2 aromatic heterocycles. The maximum absolute atomic E-state index is 12.5. The number of rotatable bonds is 4. The van der Waals surface area contributed by atoms with Gasteiger partial charge in [0.05, 0.1) is 16.6 Å². The van der Waals surface area contributed by atoms with E-state index in [1.807, 2.05) is 37.5 Å². The highest BCUT2D eigenvalue weighted by molar-refractivity contribution is 5.86. The summed E-state index contributed by atoms with van der Waals surface area (Å²) in [5.74, 6) is 1.40. The largest absolute Gasteiger partial charge is 0.435 e. The van der Waals surface area contributed by atoms with Crippen molar-refractivity contribution < 1.29 is 13.5 Å². The molecule has 0 bridgehead atoms. The molecule has 7 nitrogen and oxygen atoms in total. The number of benzene rings is 2. The van der Waals surface area contributed by atoms with Gasteiger partial charge in [0.2, 0.25) is 5.95 Å². The molecule has 0 aliphatic rings. The summed E-state index contributed by atoms with van der Waals surface area (Å²) < 4.78 is 31.2. The average molecular weight is 410 g/mol. The Labute approximate surface area is 171 Å². The van der Waals surface area contributed by atoms with Crippen molar-refractivity contribution in [2.45, 2.75) is 27.4 Å². The molecule has 0 saturated carbocycles. The minimum atomic E-state index is -2.90. The van der Waals surface area contributed by atoms with Gasteiger partial charge in [-0.25, -0.2) is 4.98 Å². The van der Waals surface area contributed by atoms with E-state index in [-0.39, 0.29) is 17.5 Å². The van der Waals surface area contributed by atoms with Crippen molar-refractivity contribution in [2.24, 2.45) is 0 Å². The summed E-state index contributed by atoms with van der Waals surface area (Å²) in [7, 11) is 0. The van der Waals surface area contributed by atoms with Gasteiger partial charge in [0.1, 0.15) is 17.4 Å². The van der Waals surface area contributed by atoms with Gasteiger partial charge in [-0.05, 0) is 61.7 Å². The lowest BCUT2D eigenvalue weighted by Gasteiger charge is -2.15. The number of aromatic nitrogens is 4. The molecule has 0 fully saturated rings. The Morgan fingerprint density at radius 1 is 0.933 bits per heavy atom. The minimum Gasteiger partial charge on any atom is -0.435 e. The van der Waals surface area contributed by atoms with Crippen LogP contribution in [0.25, 0.3) is 28.0 Å². The first-order valence-corrected chi connectivity index (χ1v) is 9.19. The maximum atomic E-state index is 12.5. The fourth-order valence-electron chi connectivity index (χ4n) is 3.45. The molecule has 0 aliphatic carbocycles. The first-order chi connectivity index (χ1) is 14.2. The van der Waals surface area contributed by atoms with Crippen molar-refractivity contribution in [2.75, 3.05) is 11.5 Å². The van der Waals surface area contributed by atoms with Gasteiger partial charge in [-0.1, -0.05) is 12.1 Å². The van der Waals surface area contributed by atoms with Crippen LogP contribution < -0.4 is 16.2 Å². The molecule has 30 heavy (non-hydrogen) atoms. The fourth-order valence-corrected chi connectivity index (χ4v) is 3.45. The van der Waals surface area contributed by atoms with Crippen molar-refractivity contribution >= 4 is 22.8 Å². The number of alkyl halides is 2. The highest BCUT2D eigenvalue weighted by Crippen LogP contribution is 2.35. The number of imidazole rings is 1. The second-order valence-electron chi connectivity index (χ2n) is 6.99. The van der Waals surface area contributed by atoms with E-state index in [9.17, 15) is 8.78 Å². The second kappa shape index (κ2) is 7.25. The van der Waals surface area contributed by atoms with Crippen molar-refractivity contribution in [3.05, 3.63) is 53.3 Å². The van der Waals surface area contributed by atoms with Crippen LogP contribution in [0.15, 0.2) is 36.4 Å². The number of fused-ring (bicyclic) bond motifs is 1. The predicted molar refractivity (Wildman–Crippen MR) is 112 cm³/mol. The van der Waals surface area contributed by atoms with Crippen molar-refractivity contribution in [3.8, 4) is 22.7 Å². The Hall–Kier alpha value is -3.75. The Kier molecular flexibility index (Phi) is 4.73. The molecule has 0 saturated heterocycles. The average Bonchev–Trinajstić information content (AvgIpc) is 2.96. The third-order valence-electron chi connectivity index (χ3n) is 4.95. The van der Waals surface area contributed by atoms with Gasteiger partial charge in [-0.3, -0.25) is 4.57 Å². The Bertz CT molecular complexity index is 1250. The SMILES string of the molecule is Cc1cc2nc(C)n(-c3nc(N)nc(N)c3-c3ccc(OC(F)F)cc3)c2cc1C. The molecule has 0 atom stereocenters. The predicted octanol–water partition coefficient (Wildman–Crippen LogP) is 4.17. The van der Waals surface area contributed by atoms with Gasteiger partial charge < -0.3 is 16.2 Å². The van der Waals surface area contributed by atoms with Gasteiger partial charge in [0, 0.05) is 0 Å². The van der Waals surface area contributed by atoms with Crippen LogP contribution in [0.5, 0.6) is 5.75 Å². The molecule has 4 N–H and O–H groups in total. The summed E-state index contributed by atoms with van der Waals surface area (Å²) >= 11 is 0. The summed E-state index contributed by atoms with van der Waals surface area (Å²) in [5, 5.41) is 0. The Morgan fingerprint density at radius 2 is 1.60 bits per heavy atom. The minimum absolute atomic E-state index is 0.0222. The third-order valence-corrected chi connectivity index (χ3v) is 4.95. The standard InChI is InChI=1S/C21H20F2N6O/c1-10-8-15-16(9-11(10)2)29(12(3)26-15)19-17(18(24)27-21(25)28-19)13-4-6-14(7-5-13)30-20(22)23/h4-9,20H,1-3H3,(H4,24,25,27,28). The molecule has 9 heteroatoms. The maximum Gasteiger partial charge on any atom is 0.387 e. The highest BCUT2D eigenvalue weighted by atomic mass is 19.3. The van der Waals surface area contributed by atoms with Crippen LogP contribution in [0, 0.1) is 20.8 Å². The molecular weight excluding hydrogens is 390 g/mol. The lowest BCUT2D eigenvalue weighted by molar-refractivity contribution is -0.0498. The normalized spacial score (nSPS) is 11.4. The van der Waals surface area contributed by atoms with Gasteiger partial charge in [0.25, 0.3) is 0 Å². The number of halogens is 2.